The van der Waals surface area contributed by atoms with E-state index in [-0.39, 0.29) is 0 Å². The predicted octanol–water partition coefficient (Wildman–Crippen LogP) is 2.87. The molecule has 0 bridgehead atoms. The molecular weight excluding hydrogens is 148 g/mol. The van der Waals surface area contributed by atoms with Crippen LogP contribution in [-0.2, 0) is 6.42 Å². The highest BCUT2D eigenvalue weighted by atomic mass is 16.5. The summed E-state index contributed by atoms with van der Waals surface area (Å²) in [6.07, 6.45) is 1.07. The molecule has 0 aromatic heterocycles. The van der Waals surface area contributed by atoms with Crippen LogP contribution in [0.1, 0.15) is 23.6 Å². The van der Waals surface area contributed by atoms with Gasteiger partial charge in [0.1, 0.15) is 5.75 Å². The highest BCUT2D eigenvalue weighted by Gasteiger charge is 2.03. The molecule has 0 aliphatic rings. The van der Waals surface area contributed by atoms with E-state index in [9.17, 15) is 0 Å². The molecule has 0 saturated heterocycles. The molecule has 1 rings (SSSR count). The molecule has 0 aliphatic heterocycles. The average molecular weight is 164 g/mol. The van der Waals surface area contributed by atoms with Gasteiger partial charge in [-0.1, -0.05) is 13.0 Å². The molecule has 12 heavy (non-hydrogen) atoms. The van der Waals surface area contributed by atoms with Crippen molar-refractivity contribution in [2.45, 2.75) is 27.2 Å². The first-order chi connectivity index (χ1) is 5.69. The summed E-state index contributed by atoms with van der Waals surface area (Å²) in [7, 11) is 1.72. The first-order valence-electron chi connectivity index (χ1n) is 4.33. The normalized spacial score (nSPS) is 10.0. The zero-order valence-corrected chi connectivity index (χ0v) is 8.27. The number of hydrogen-bond acceptors (Lipinski definition) is 1. The van der Waals surface area contributed by atoms with E-state index in [1.807, 2.05) is 0 Å². The van der Waals surface area contributed by atoms with Crippen molar-refractivity contribution in [3.63, 3.8) is 0 Å². The molecule has 0 radical (unpaired) electrons. The fourth-order valence-corrected chi connectivity index (χ4v) is 1.48. The fraction of sp³-hybridized carbons (Fsp3) is 0.455. The zero-order chi connectivity index (χ0) is 9.14. The lowest BCUT2D eigenvalue weighted by Gasteiger charge is -2.10. The number of methoxy groups -OCH3 is 1. The monoisotopic (exact) mass is 164 g/mol. The van der Waals surface area contributed by atoms with Crippen LogP contribution in [-0.4, -0.2) is 7.11 Å². The van der Waals surface area contributed by atoms with Gasteiger partial charge in [0, 0.05) is 0 Å². The highest BCUT2D eigenvalue weighted by Crippen LogP contribution is 2.23. The third-order valence-corrected chi connectivity index (χ3v) is 2.21. The van der Waals surface area contributed by atoms with E-state index in [1.165, 1.54) is 16.7 Å². The maximum atomic E-state index is 5.27. The fourth-order valence-electron chi connectivity index (χ4n) is 1.48. The number of aryl methyl sites for hydroxylation is 2. The van der Waals surface area contributed by atoms with Gasteiger partial charge < -0.3 is 4.74 Å². The first-order valence-corrected chi connectivity index (χ1v) is 4.33. The minimum absolute atomic E-state index is 1.01. The molecule has 0 fully saturated rings. The van der Waals surface area contributed by atoms with Crippen LogP contribution in [0.3, 0.4) is 0 Å². The molecule has 1 heteroatoms. The Labute approximate surface area is 74.4 Å². The summed E-state index contributed by atoms with van der Waals surface area (Å²) < 4.78 is 5.27. The van der Waals surface area contributed by atoms with Crippen molar-refractivity contribution in [2.24, 2.45) is 0 Å². The smallest absolute Gasteiger partial charge is 0.122 e. The minimum atomic E-state index is 1.01. The van der Waals surface area contributed by atoms with E-state index in [4.69, 9.17) is 4.74 Å². The summed E-state index contributed by atoms with van der Waals surface area (Å²) in [6, 6.07) is 4.30. The van der Waals surface area contributed by atoms with Gasteiger partial charge in [-0.15, -0.1) is 0 Å². The topological polar surface area (TPSA) is 9.23 Å². The van der Waals surface area contributed by atoms with Gasteiger partial charge in [0.2, 0.25) is 0 Å². The van der Waals surface area contributed by atoms with Crippen molar-refractivity contribution in [3.8, 4) is 5.75 Å². The highest BCUT2D eigenvalue weighted by molar-refractivity contribution is 5.42. The number of hydrogen-bond donors (Lipinski definition) is 0. The van der Waals surface area contributed by atoms with Gasteiger partial charge in [0.25, 0.3) is 0 Å². The third-order valence-electron chi connectivity index (χ3n) is 2.21. The predicted molar refractivity (Wildman–Crippen MR) is 51.8 cm³/mol. The molecule has 66 valence electrons. The summed E-state index contributed by atoms with van der Waals surface area (Å²) in [5.41, 5.74) is 3.92. The second-order valence-electron chi connectivity index (χ2n) is 3.10. The van der Waals surface area contributed by atoms with Crippen LogP contribution in [0.15, 0.2) is 12.1 Å². The molecule has 0 saturated carbocycles. The van der Waals surface area contributed by atoms with Crippen LogP contribution in [0.5, 0.6) is 5.75 Å². The largest absolute Gasteiger partial charge is 0.496 e. The summed E-state index contributed by atoms with van der Waals surface area (Å²) in [4.78, 5) is 0. The quantitative estimate of drug-likeness (QED) is 0.653. The Balaban J connectivity index is 3.22. The van der Waals surface area contributed by atoms with E-state index in [2.05, 4.69) is 32.9 Å². The lowest BCUT2D eigenvalue weighted by atomic mass is 10.0. The Hall–Kier alpha value is -0.980. The van der Waals surface area contributed by atoms with Crippen molar-refractivity contribution in [2.75, 3.05) is 7.11 Å². The summed E-state index contributed by atoms with van der Waals surface area (Å²) in [5.74, 6) is 1.01. The van der Waals surface area contributed by atoms with Gasteiger partial charge in [-0.2, -0.15) is 0 Å². The van der Waals surface area contributed by atoms with E-state index in [1.54, 1.807) is 7.11 Å². The second kappa shape index (κ2) is 3.61. The van der Waals surface area contributed by atoms with Crippen molar-refractivity contribution >= 4 is 0 Å². The van der Waals surface area contributed by atoms with Crippen LogP contribution in [0.2, 0.25) is 0 Å². The zero-order valence-electron chi connectivity index (χ0n) is 8.27. The van der Waals surface area contributed by atoms with Crippen LogP contribution in [0.4, 0.5) is 0 Å². The molecule has 0 N–H and O–H groups in total. The maximum Gasteiger partial charge on any atom is 0.122 e. The van der Waals surface area contributed by atoms with Gasteiger partial charge in [-0.25, -0.2) is 0 Å². The SMILES string of the molecule is CCc1cc(C)cc(OC)c1C. The molecule has 0 atom stereocenters. The van der Waals surface area contributed by atoms with Gasteiger partial charge >= 0.3 is 0 Å². The first kappa shape index (κ1) is 9.11. The molecule has 1 aromatic carbocycles. The molecule has 0 aliphatic carbocycles. The van der Waals surface area contributed by atoms with Crippen molar-refractivity contribution in [1.82, 2.24) is 0 Å². The van der Waals surface area contributed by atoms with Crippen LogP contribution < -0.4 is 4.74 Å². The maximum absolute atomic E-state index is 5.27. The molecule has 0 spiro atoms. The Kier molecular flexibility index (Phi) is 2.74. The summed E-state index contributed by atoms with van der Waals surface area (Å²) in [5, 5.41) is 0. The third kappa shape index (κ3) is 1.60. The Morgan fingerprint density at radius 3 is 2.42 bits per heavy atom. The summed E-state index contributed by atoms with van der Waals surface area (Å²) >= 11 is 0. The molecule has 1 aromatic rings. The Bertz CT molecular complexity index is 251. The van der Waals surface area contributed by atoms with Gasteiger partial charge in [-0.05, 0) is 43.0 Å². The van der Waals surface area contributed by atoms with Gasteiger partial charge in [-0.3, -0.25) is 0 Å². The van der Waals surface area contributed by atoms with E-state index in [0.29, 0.717) is 0 Å². The molecule has 1 nitrogen and oxygen atoms in total. The van der Waals surface area contributed by atoms with Crippen LogP contribution in [0.25, 0.3) is 0 Å². The van der Waals surface area contributed by atoms with E-state index in [0.717, 1.165) is 12.2 Å². The standard InChI is InChI=1S/C11H16O/c1-5-10-6-8(2)7-11(12-4)9(10)3/h6-7H,5H2,1-4H3. The Morgan fingerprint density at radius 1 is 1.25 bits per heavy atom. The molecule has 0 unspecified atom stereocenters. The molecule has 0 amide bonds. The number of benzene rings is 1. The number of ether oxygens (including phenoxy) is 1. The Morgan fingerprint density at radius 2 is 1.92 bits per heavy atom. The second-order valence-corrected chi connectivity index (χ2v) is 3.10. The van der Waals surface area contributed by atoms with Crippen molar-refractivity contribution < 1.29 is 4.74 Å². The summed E-state index contributed by atoms with van der Waals surface area (Å²) in [6.45, 7) is 6.37. The average Bonchev–Trinajstić information content (AvgIpc) is 2.08. The lowest BCUT2D eigenvalue weighted by Crippen LogP contribution is -1.93. The minimum Gasteiger partial charge on any atom is -0.496 e. The van der Waals surface area contributed by atoms with Crippen LogP contribution >= 0.6 is 0 Å². The van der Waals surface area contributed by atoms with E-state index >= 15 is 0 Å². The van der Waals surface area contributed by atoms with Crippen LogP contribution in [0, 0.1) is 13.8 Å². The van der Waals surface area contributed by atoms with Crippen molar-refractivity contribution in [3.05, 3.63) is 28.8 Å². The number of rotatable bonds is 2. The lowest BCUT2D eigenvalue weighted by molar-refractivity contribution is 0.410. The van der Waals surface area contributed by atoms with Gasteiger partial charge in [0.05, 0.1) is 7.11 Å². The molecular formula is C11H16O. The molecule has 0 heterocycles. The van der Waals surface area contributed by atoms with E-state index < -0.39 is 0 Å². The van der Waals surface area contributed by atoms with Gasteiger partial charge in [0.15, 0.2) is 0 Å². The van der Waals surface area contributed by atoms with Crippen molar-refractivity contribution in [1.29, 1.82) is 0 Å².